The first-order chi connectivity index (χ1) is 3.46. The molecule has 0 aromatic rings. The van der Waals surface area contributed by atoms with Crippen molar-refractivity contribution in [1.82, 2.24) is 0 Å². The lowest BCUT2D eigenvalue weighted by Crippen LogP contribution is -1.48. The topological polar surface area (TPSA) is 17.1 Å². The van der Waals surface area contributed by atoms with Crippen molar-refractivity contribution in [3.05, 3.63) is 0 Å². The first kappa shape index (κ1) is 11.3. The summed E-state index contributed by atoms with van der Waals surface area (Å²) in [5.41, 5.74) is 0. The van der Waals surface area contributed by atoms with Crippen LogP contribution in [-0.4, -0.2) is 33.3 Å². The summed E-state index contributed by atoms with van der Waals surface area (Å²) in [4.78, 5) is 0. The van der Waals surface area contributed by atoms with Crippen molar-refractivity contribution >= 4 is 15.7 Å². The molecular weight excluding hydrogens is 138 g/mol. The molecule has 0 bridgehead atoms. The smallest absolute Gasteiger partial charge is 0.116 e. The van der Waals surface area contributed by atoms with Crippen molar-refractivity contribution in [2.24, 2.45) is 0 Å². The molecule has 0 aliphatic heterocycles. The summed E-state index contributed by atoms with van der Waals surface area (Å²) in [6.45, 7) is 10.0. The fraction of sp³-hybridized carbons (Fsp3) is 1.00. The van der Waals surface area contributed by atoms with Gasteiger partial charge in [-0.25, -0.2) is 0 Å². The van der Waals surface area contributed by atoms with E-state index >= 15 is 0 Å². The van der Waals surface area contributed by atoms with Gasteiger partial charge in [-0.2, -0.15) is 0 Å². The summed E-state index contributed by atoms with van der Waals surface area (Å²) in [5.74, 6) is 0. The monoisotopic (exact) mass is 153 g/mol. The molecule has 8 heavy (non-hydrogen) atoms. The second-order valence-corrected chi connectivity index (χ2v) is 6.46. The van der Waals surface area contributed by atoms with Crippen LogP contribution < -0.4 is 0 Å². The summed E-state index contributed by atoms with van der Waals surface area (Å²) in [7, 11) is -0.491. The lowest BCUT2D eigenvalue weighted by atomic mass is 11.9. The van der Waals surface area contributed by atoms with Gasteiger partial charge in [0.25, 0.3) is 0 Å². The molecule has 1 nitrogen and oxygen atoms in total. The quantitative estimate of drug-likeness (QED) is 0.488. The van der Waals surface area contributed by atoms with E-state index in [0.717, 1.165) is 0 Å². The summed E-state index contributed by atoms with van der Waals surface area (Å²) in [5, 5.41) is 0. The first-order valence-corrected chi connectivity index (χ1v) is 7.26. The Morgan fingerprint density at radius 3 is 1.12 bits per heavy atom. The normalized spacial score (nSPS) is 7.75. The average molecular weight is 153 g/mol. The Balaban J connectivity index is 0. The van der Waals surface area contributed by atoms with Crippen LogP contribution >= 0.6 is 15.7 Å². The Bertz CT molecular complexity index is 54.7. The van der Waals surface area contributed by atoms with Gasteiger partial charge >= 0.3 is 7.80 Å². The fourth-order valence-corrected chi connectivity index (χ4v) is 0. The van der Waals surface area contributed by atoms with Gasteiger partial charge < -0.3 is 0 Å². The van der Waals surface area contributed by atoms with Crippen LogP contribution in [0.2, 0.25) is 0 Å². The molecule has 0 N–H and O–H groups in total. The number of hydrogen-bond acceptors (Lipinski definition) is 1. The van der Waals surface area contributed by atoms with Crippen LogP contribution in [0.25, 0.3) is 0 Å². The van der Waals surface area contributed by atoms with E-state index < -0.39 is 7.80 Å². The molecule has 50 valence electrons. The molecule has 0 heterocycles. The standard InChI is InChI=1S/C3H9P.C2H6OP/c2*1-4(2)3/h1-3H3;1-2H3/q;+1. The maximum Gasteiger partial charge on any atom is 0.332 e. The zero-order valence-corrected chi connectivity index (χ0v) is 8.09. The maximum absolute atomic E-state index is 9.59. The van der Waals surface area contributed by atoms with Gasteiger partial charge in [0.05, 0.1) is 0 Å². The molecule has 0 amide bonds. The molecule has 0 spiro atoms. The zero-order valence-electron chi connectivity index (χ0n) is 6.30. The number of rotatable bonds is 0. The summed E-state index contributed by atoms with van der Waals surface area (Å²) < 4.78 is 9.59. The van der Waals surface area contributed by atoms with Crippen molar-refractivity contribution in [1.29, 1.82) is 0 Å². The van der Waals surface area contributed by atoms with Gasteiger partial charge in [-0.3, -0.25) is 0 Å². The minimum atomic E-state index is -0.870. The SMILES string of the molecule is CP(C)C.C[P+](C)=O. The second kappa shape index (κ2) is 7.53. The van der Waals surface area contributed by atoms with Gasteiger partial charge in [0.1, 0.15) is 13.3 Å². The lowest BCUT2D eigenvalue weighted by molar-refractivity contribution is 0.594. The molecule has 0 rings (SSSR count). The lowest BCUT2D eigenvalue weighted by Gasteiger charge is -1.81. The molecule has 0 atom stereocenters. The third-order valence-corrected chi connectivity index (χ3v) is 0. The third-order valence-electron chi connectivity index (χ3n) is 0. The number of hydrogen-bond donors (Lipinski definition) is 0. The molecule has 3 heteroatoms. The predicted molar refractivity (Wildman–Crippen MR) is 44.1 cm³/mol. The van der Waals surface area contributed by atoms with Crippen molar-refractivity contribution in [2.75, 3.05) is 33.3 Å². The van der Waals surface area contributed by atoms with E-state index in [9.17, 15) is 4.57 Å². The van der Waals surface area contributed by atoms with Gasteiger partial charge in [0.15, 0.2) is 0 Å². The first-order valence-electron chi connectivity index (χ1n) is 2.42. The molecule has 0 unspecified atom stereocenters. The average Bonchev–Trinajstić information content (AvgIpc) is 1.25. The Morgan fingerprint density at radius 1 is 1.12 bits per heavy atom. The molecule has 0 saturated carbocycles. The van der Waals surface area contributed by atoms with Crippen molar-refractivity contribution in [2.45, 2.75) is 0 Å². The summed E-state index contributed by atoms with van der Waals surface area (Å²) in [6, 6.07) is 0. The molecule has 0 aromatic carbocycles. The Morgan fingerprint density at radius 2 is 1.12 bits per heavy atom. The van der Waals surface area contributed by atoms with E-state index in [4.69, 9.17) is 0 Å². The maximum atomic E-state index is 9.59. The fourth-order valence-electron chi connectivity index (χ4n) is 0. The Kier molecular flexibility index (Phi) is 10.7. The summed E-state index contributed by atoms with van der Waals surface area (Å²) in [6.07, 6.45) is 0. The van der Waals surface area contributed by atoms with Crippen molar-refractivity contribution in [3.63, 3.8) is 0 Å². The van der Waals surface area contributed by atoms with Gasteiger partial charge in [0, 0.05) is 0 Å². The van der Waals surface area contributed by atoms with Crippen molar-refractivity contribution in [3.8, 4) is 0 Å². The van der Waals surface area contributed by atoms with Crippen LogP contribution in [0.1, 0.15) is 0 Å². The zero-order chi connectivity index (χ0) is 7.15. The van der Waals surface area contributed by atoms with Crippen LogP contribution in [-0.2, 0) is 4.57 Å². The van der Waals surface area contributed by atoms with E-state index in [-0.39, 0.29) is 0 Å². The minimum Gasteiger partial charge on any atom is -0.116 e. The van der Waals surface area contributed by atoms with Crippen molar-refractivity contribution < 1.29 is 4.57 Å². The predicted octanol–water partition coefficient (Wildman–Crippen LogP) is 2.43. The highest BCUT2D eigenvalue weighted by molar-refractivity contribution is 7.55. The van der Waals surface area contributed by atoms with Crippen LogP contribution in [0.5, 0.6) is 0 Å². The minimum absolute atomic E-state index is 0.380. The Hall–Kier alpha value is 0.530. The van der Waals surface area contributed by atoms with E-state index in [1.54, 1.807) is 13.3 Å². The summed E-state index contributed by atoms with van der Waals surface area (Å²) >= 11 is 0. The highest BCUT2D eigenvalue weighted by Gasteiger charge is 1.80. The molecule has 0 aromatic heterocycles. The van der Waals surface area contributed by atoms with Gasteiger partial charge in [-0.05, 0) is 20.0 Å². The van der Waals surface area contributed by atoms with E-state index in [0.29, 0.717) is 7.92 Å². The van der Waals surface area contributed by atoms with Gasteiger partial charge in [-0.15, -0.1) is 7.92 Å². The third kappa shape index (κ3) is 711. The van der Waals surface area contributed by atoms with Gasteiger partial charge in [-0.1, -0.05) is 4.57 Å². The van der Waals surface area contributed by atoms with Crippen LogP contribution in [0, 0.1) is 0 Å². The second-order valence-electron chi connectivity index (χ2n) is 2.15. The largest absolute Gasteiger partial charge is 0.332 e. The van der Waals surface area contributed by atoms with Crippen LogP contribution in [0.4, 0.5) is 0 Å². The van der Waals surface area contributed by atoms with Gasteiger partial charge in [0.2, 0.25) is 0 Å². The van der Waals surface area contributed by atoms with E-state index in [1.165, 1.54) is 0 Å². The molecule has 0 saturated heterocycles. The molecular formula is C5H15OP2+. The highest BCUT2D eigenvalue weighted by Crippen LogP contribution is 2.14. The molecule has 0 radical (unpaired) electrons. The molecule has 0 fully saturated rings. The molecule has 0 aliphatic rings. The molecule has 0 aliphatic carbocycles. The Labute approximate surface area is 54.4 Å². The van der Waals surface area contributed by atoms with Crippen LogP contribution in [0.15, 0.2) is 0 Å². The van der Waals surface area contributed by atoms with E-state index in [2.05, 4.69) is 20.0 Å². The van der Waals surface area contributed by atoms with E-state index in [1.807, 2.05) is 0 Å². The van der Waals surface area contributed by atoms with Crippen LogP contribution in [0.3, 0.4) is 0 Å². The highest BCUT2D eigenvalue weighted by atomic mass is 31.1.